The number of aryl methyl sites for hydroxylation is 1. The summed E-state index contributed by atoms with van der Waals surface area (Å²) in [7, 11) is 0. The Morgan fingerprint density at radius 2 is 2.11 bits per heavy atom. The zero-order valence-electron chi connectivity index (χ0n) is 10.3. The van der Waals surface area contributed by atoms with Gasteiger partial charge in [0.1, 0.15) is 5.69 Å². The molecule has 3 rings (SSSR count). The van der Waals surface area contributed by atoms with Gasteiger partial charge < -0.3 is 4.90 Å². The van der Waals surface area contributed by atoms with Crippen LogP contribution in [0.4, 0.5) is 5.69 Å². The fourth-order valence-corrected chi connectivity index (χ4v) is 2.45. The van der Waals surface area contributed by atoms with Gasteiger partial charge in [-0.1, -0.05) is 18.2 Å². The van der Waals surface area contributed by atoms with Gasteiger partial charge in [-0.3, -0.25) is 9.78 Å². The molecule has 2 aromatic rings. The van der Waals surface area contributed by atoms with E-state index >= 15 is 0 Å². The molecule has 18 heavy (non-hydrogen) atoms. The highest BCUT2D eigenvalue weighted by Crippen LogP contribution is 2.31. The number of benzene rings is 1. The van der Waals surface area contributed by atoms with E-state index in [-0.39, 0.29) is 5.91 Å². The van der Waals surface area contributed by atoms with Gasteiger partial charge in [0.2, 0.25) is 0 Å². The summed E-state index contributed by atoms with van der Waals surface area (Å²) in [5.74, 6) is -0.0139. The summed E-state index contributed by atoms with van der Waals surface area (Å²) in [6, 6.07) is 11.5. The molecule has 1 aromatic carbocycles. The molecule has 0 atom stereocenters. The molecule has 0 saturated heterocycles. The van der Waals surface area contributed by atoms with E-state index < -0.39 is 0 Å². The van der Waals surface area contributed by atoms with E-state index in [0.717, 1.165) is 18.7 Å². The Hall–Kier alpha value is -2.16. The number of carbonyl (C=O) groups excluding carboxylic acids is 1. The lowest BCUT2D eigenvalue weighted by Gasteiger charge is -2.16. The molecule has 0 fully saturated rings. The summed E-state index contributed by atoms with van der Waals surface area (Å²) >= 11 is 0. The van der Waals surface area contributed by atoms with E-state index in [4.69, 9.17) is 0 Å². The minimum atomic E-state index is -0.0139. The summed E-state index contributed by atoms with van der Waals surface area (Å²) in [6.07, 6.45) is 2.58. The first-order valence-electron chi connectivity index (χ1n) is 6.09. The number of aromatic nitrogens is 1. The molecule has 1 aromatic heterocycles. The standard InChI is InChI=1S/C15H14N2O/c1-11-5-4-7-14-12(11)8-10-17(14)15(18)13-6-2-3-9-16-13/h2-7,9H,8,10H2,1H3. The Bertz CT molecular complexity index is 593. The molecule has 0 bridgehead atoms. The number of rotatable bonds is 1. The minimum absolute atomic E-state index is 0.0139. The van der Waals surface area contributed by atoms with Gasteiger partial charge in [0, 0.05) is 18.4 Å². The molecule has 0 aliphatic carbocycles. The normalized spacial score (nSPS) is 13.5. The van der Waals surface area contributed by atoms with Crippen LogP contribution in [0.25, 0.3) is 0 Å². The summed E-state index contributed by atoms with van der Waals surface area (Å²) in [4.78, 5) is 18.3. The van der Waals surface area contributed by atoms with Gasteiger partial charge >= 0.3 is 0 Å². The molecule has 3 nitrogen and oxygen atoms in total. The summed E-state index contributed by atoms with van der Waals surface area (Å²) in [5, 5.41) is 0. The van der Waals surface area contributed by atoms with Crippen molar-refractivity contribution in [1.29, 1.82) is 0 Å². The smallest absolute Gasteiger partial charge is 0.276 e. The maximum absolute atomic E-state index is 12.4. The first-order chi connectivity index (χ1) is 8.77. The number of carbonyl (C=O) groups is 1. The number of hydrogen-bond donors (Lipinski definition) is 0. The molecule has 0 radical (unpaired) electrons. The van der Waals surface area contributed by atoms with Crippen molar-refractivity contribution < 1.29 is 4.79 Å². The molecule has 0 saturated carbocycles. The molecule has 3 heteroatoms. The van der Waals surface area contributed by atoms with Gasteiger partial charge in [0.05, 0.1) is 0 Å². The van der Waals surface area contributed by atoms with Crippen LogP contribution in [0.3, 0.4) is 0 Å². The third kappa shape index (κ3) is 1.68. The molecule has 1 aliphatic heterocycles. The zero-order chi connectivity index (χ0) is 12.5. The monoisotopic (exact) mass is 238 g/mol. The van der Waals surface area contributed by atoms with Crippen molar-refractivity contribution in [1.82, 2.24) is 4.98 Å². The topological polar surface area (TPSA) is 33.2 Å². The largest absolute Gasteiger partial charge is 0.306 e. The van der Waals surface area contributed by atoms with E-state index in [0.29, 0.717) is 5.69 Å². The predicted octanol–water partition coefficient (Wildman–Crippen LogP) is 2.59. The lowest BCUT2D eigenvalue weighted by Crippen LogP contribution is -2.29. The Balaban J connectivity index is 1.98. The van der Waals surface area contributed by atoms with Crippen molar-refractivity contribution >= 4 is 11.6 Å². The summed E-state index contributed by atoms with van der Waals surface area (Å²) < 4.78 is 0. The average Bonchev–Trinajstić information content (AvgIpc) is 2.84. The van der Waals surface area contributed by atoms with Crippen molar-refractivity contribution in [3.63, 3.8) is 0 Å². The zero-order valence-corrected chi connectivity index (χ0v) is 10.3. The highest BCUT2D eigenvalue weighted by atomic mass is 16.2. The van der Waals surface area contributed by atoms with E-state index in [9.17, 15) is 4.79 Å². The Morgan fingerprint density at radius 3 is 2.89 bits per heavy atom. The maximum Gasteiger partial charge on any atom is 0.276 e. The van der Waals surface area contributed by atoms with Crippen LogP contribution in [0.5, 0.6) is 0 Å². The molecule has 0 N–H and O–H groups in total. The first kappa shape index (κ1) is 11.0. The summed E-state index contributed by atoms with van der Waals surface area (Å²) in [6.45, 7) is 2.84. The number of anilines is 1. The Kier molecular flexibility index (Phi) is 2.59. The van der Waals surface area contributed by atoms with Crippen molar-refractivity contribution in [3.8, 4) is 0 Å². The second-order valence-corrected chi connectivity index (χ2v) is 4.49. The second-order valence-electron chi connectivity index (χ2n) is 4.49. The molecule has 90 valence electrons. The van der Waals surface area contributed by atoms with Gasteiger partial charge in [-0.05, 0) is 42.7 Å². The molecule has 1 aliphatic rings. The quantitative estimate of drug-likeness (QED) is 0.765. The van der Waals surface area contributed by atoms with Crippen molar-refractivity contribution in [2.45, 2.75) is 13.3 Å². The SMILES string of the molecule is Cc1cccc2c1CCN2C(=O)c1ccccn1. The average molecular weight is 238 g/mol. The maximum atomic E-state index is 12.4. The number of hydrogen-bond acceptors (Lipinski definition) is 2. The molecule has 2 heterocycles. The van der Waals surface area contributed by atoms with Crippen LogP contribution in [0.15, 0.2) is 42.6 Å². The lowest BCUT2D eigenvalue weighted by molar-refractivity contribution is 0.0984. The van der Waals surface area contributed by atoms with Crippen molar-refractivity contribution in [3.05, 3.63) is 59.4 Å². The molecule has 0 spiro atoms. The Labute approximate surface area is 106 Å². The van der Waals surface area contributed by atoms with Crippen LogP contribution in [0, 0.1) is 6.92 Å². The number of nitrogens with zero attached hydrogens (tertiary/aromatic N) is 2. The second kappa shape index (κ2) is 4.26. The van der Waals surface area contributed by atoms with Gasteiger partial charge in [0.15, 0.2) is 0 Å². The fraction of sp³-hybridized carbons (Fsp3) is 0.200. The third-order valence-corrected chi connectivity index (χ3v) is 3.39. The Morgan fingerprint density at radius 1 is 1.22 bits per heavy atom. The van der Waals surface area contributed by atoms with E-state index in [1.807, 2.05) is 29.2 Å². The van der Waals surface area contributed by atoms with Crippen LogP contribution in [-0.2, 0) is 6.42 Å². The van der Waals surface area contributed by atoms with Crippen LogP contribution in [-0.4, -0.2) is 17.4 Å². The van der Waals surface area contributed by atoms with Gasteiger partial charge in [-0.15, -0.1) is 0 Å². The van der Waals surface area contributed by atoms with Crippen LogP contribution < -0.4 is 4.90 Å². The van der Waals surface area contributed by atoms with E-state index in [1.165, 1.54) is 11.1 Å². The van der Waals surface area contributed by atoms with Crippen LogP contribution in [0.2, 0.25) is 0 Å². The van der Waals surface area contributed by atoms with Crippen molar-refractivity contribution in [2.24, 2.45) is 0 Å². The number of amides is 1. The number of pyridine rings is 1. The summed E-state index contributed by atoms with van der Waals surface area (Å²) in [5.41, 5.74) is 4.07. The fourth-order valence-electron chi connectivity index (χ4n) is 2.45. The highest BCUT2D eigenvalue weighted by Gasteiger charge is 2.26. The van der Waals surface area contributed by atoms with E-state index in [2.05, 4.69) is 18.0 Å². The van der Waals surface area contributed by atoms with Crippen LogP contribution in [0.1, 0.15) is 21.6 Å². The molecular weight excluding hydrogens is 224 g/mol. The molecule has 0 unspecified atom stereocenters. The third-order valence-electron chi connectivity index (χ3n) is 3.39. The van der Waals surface area contributed by atoms with Gasteiger partial charge in [0.25, 0.3) is 5.91 Å². The number of fused-ring (bicyclic) bond motifs is 1. The first-order valence-corrected chi connectivity index (χ1v) is 6.09. The van der Waals surface area contributed by atoms with Gasteiger partial charge in [-0.2, -0.15) is 0 Å². The minimum Gasteiger partial charge on any atom is -0.306 e. The highest BCUT2D eigenvalue weighted by molar-refractivity contribution is 6.06. The molecule has 1 amide bonds. The van der Waals surface area contributed by atoms with Crippen LogP contribution >= 0.6 is 0 Å². The van der Waals surface area contributed by atoms with E-state index in [1.54, 1.807) is 12.3 Å². The predicted molar refractivity (Wildman–Crippen MR) is 70.8 cm³/mol. The lowest BCUT2D eigenvalue weighted by atomic mass is 10.1. The van der Waals surface area contributed by atoms with Crippen molar-refractivity contribution in [2.75, 3.05) is 11.4 Å². The van der Waals surface area contributed by atoms with Gasteiger partial charge in [-0.25, -0.2) is 0 Å². The molecular formula is C15H14N2O.